The summed E-state index contributed by atoms with van der Waals surface area (Å²) in [6.45, 7) is 0. The Morgan fingerprint density at radius 1 is 1.21 bits per heavy atom. The molecule has 0 radical (unpaired) electrons. The maximum atomic E-state index is 12.0. The summed E-state index contributed by atoms with van der Waals surface area (Å²) in [6, 6.07) is 6.47. The maximum absolute atomic E-state index is 12.0. The summed E-state index contributed by atoms with van der Waals surface area (Å²) in [5.74, 6) is -0.191. The highest BCUT2D eigenvalue weighted by molar-refractivity contribution is 5.95. The molecule has 19 heavy (non-hydrogen) atoms. The van der Waals surface area contributed by atoms with Crippen LogP contribution in [0.15, 0.2) is 24.3 Å². The Bertz CT molecular complexity index is 445. The van der Waals surface area contributed by atoms with Gasteiger partial charge in [0, 0.05) is 11.3 Å². The van der Waals surface area contributed by atoms with Crippen LogP contribution in [-0.4, -0.2) is 29.6 Å². The Labute approximate surface area is 112 Å². The second-order valence-corrected chi connectivity index (χ2v) is 4.77. The van der Waals surface area contributed by atoms with Gasteiger partial charge in [0.15, 0.2) is 0 Å². The van der Waals surface area contributed by atoms with Crippen LogP contribution in [-0.2, 0) is 4.79 Å². The van der Waals surface area contributed by atoms with Gasteiger partial charge in [-0.15, -0.1) is 0 Å². The number of aliphatic hydroxyl groups is 1. The zero-order chi connectivity index (χ0) is 13.7. The smallest absolute Gasteiger partial charge is 0.251 e. The van der Waals surface area contributed by atoms with Crippen LogP contribution in [0.25, 0.3) is 0 Å². The quantitative estimate of drug-likeness (QED) is 0.715. The maximum Gasteiger partial charge on any atom is 0.251 e. The second kappa shape index (κ2) is 6.33. The minimum absolute atomic E-state index is 0.158. The van der Waals surface area contributed by atoms with Crippen molar-refractivity contribution in [3.05, 3.63) is 29.8 Å². The van der Waals surface area contributed by atoms with Crippen molar-refractivity contribution in [3.8, 4) is 0 Å². The molecule has 0 bridgehead atoms. The van der Waals surface area contributed by atoms with Gasteiger partial charge in [0.1, 0.15) is 0 Å². The number of rotatable bonds is 4. The Morgan fingerprint density at radius 3 is 2.53 bits per heavy atom. The number of anilines is 1. The molecule has 5 nitrogen and oxygen atoms in total. The highest BCUT2D eigenvalue weighted by Crippen LogP contribution is 2.19. The fourth-order valence-electron chi connectivity index (χ4n) is 2.32. The molecule has 1 saturated carbocycles. The average Bonchev–Trinajstić information content (AvgIpc) is 2.42. The largest absolute Gasteiger partial charge is 0.391 e. The van der Waals surface area contributed by atoms with Crippen molar-refractivity contribution in [2.24, 2.45) is 0 Å². The summed E-state index contributed by atoms with van der Waals surface area (Å²) in [4.78, 5) is 22.3. The van der Waals surface area contributed by atoms with Crippen LogP contribution in [0.5, 0.6) is 0 Å². The van der Waals surface area contributed by atoms with Gasteiger partial charge < -0.3 is 15.7 Å². The first-order chi connectivity index (χ1) is 9.20. The van der Waals surface area contributed by atoms with E-state index in [9.17, 15) is 14.7 Å². The first kappa shape index (κ1) is 13.5. The molecule has 0 saturated heterocycles. The van der Waals surface area contributed by atoms with Crippen molar-refractivity contribution < 1.29 is 14.7 Å². The molecule has 1 aromatic carbocycles. The van der Waals surface area contributed by atoms with E-state index in [2.05, 4.69) is 10.6 Å². The monoisotopic (exact) mass is 262 g/mol. The summed E-state index contributed by atoms with van der Waals surface area (Å²) in [6.07, 6.45) is 3.75. The number of benzene rings is 1. The van der Waals surface area contributed by atoms with Crippen molar-refractivity contribution in [1.29, 1.82) is 0 Å². The summed E-state index contributed by atoms with van der Waals surface area (Å²) in [7, 11) is 0. The van der Waals surface area contributed by atoms with Gasteiger partial charge in [-0.1, -0.05) is 12.8 Å². The van der Waals surface area contributed by atoms with Crippen LogP contribution >= 0.6 is 0 Å². The zero-order valence-corrected chi connectivity index (χ0v) is 10.6. The summed E-state index contributed by atoms with van der Waals surface area (Å²) in [5.41, 5.74) is 1.17. The molecular formula is C14H18N2O3. The molecular weight excluding hydrogens is 244 g/mol. The van der Waals surface area contributed by atoms with Crippen molar-refractivity contribution in [1.82, 2.24) is 5.32 Å². The minimum Gasteiger partial charge on any atom is -0.391 e. The second-order valence-electron chi connectivity index (χ2n) is 4.77. The van der Waals surface area contributed by atoms with E-state index in [1.54, 1.807) is 24.3 Å². The van der Waals surface area contributed by atoms with E-state index in [0.29, 0.717) is 17.7 Å². The van der Waals surface area contributed by atoms with Gasteiger partial charge in [0.25, 0.3) is 5.91 Å². The van der Waals surface area contributed by atoms with Gasteiger partial charge in [-0.25, -0.2) is 0 Å². The number of carbonyl (C=O) groups is 2. The van der Waals surface area contributed by atoms with Crippen molar-refractivity contribution in [3.63, 3.8) is 0 Å². The fraction of sp³-hybridized carbons (Fsp3) is 0.429. The first-order valence-electron chi connectivity index (χ1n) is 6.50. The summed E-state index contributed by atoms with van der Waals surface area (Å²) < 4.78 is 0. The Hall–Kier alpha value is -1.88. The number of carbonyl (C=O) groups excluding carboxylic acids is 2. The number of aliphatic hydroxyl groups excluding tert-OH is 1. The van der Waals surface area contributed by atoms with Gasteiger partial charge >= 0.3 is 0 Å². The lowest BCUT2D eigenvalue weighted by Gasteiger charge is -2.28. The molecule has 5 heteroatoms. The van der Waals surface area contributed by atoms with Gasteiger partial charge in [-0.05, 0) is 37.1 Å². The van der Waals surface area contributed by atoms with E-state index in [0.717, 1.165) is 25.7 Å². The molecule has 0 aromatic heterocycles. The Kier molecular flexibility index (Phi) is 4.52. The third kappa shape index (κ3) is 3.54. The van der Waals surface area contributed by atoms with Crippen LogP contribution in [0, 0.1) is 0 Å². The SMILES string of the molecule is O=CNc1ccc(C(=O)NC2CCCCC2O)cc1. The molecule has 1 fully saturated rings. The van der Waals surface area contributed by atoms with Gasteiger partial charge in [-0.3, -0.25) is 9.59 Å². The molecule has 0 aliphatic heterocycles. The van der Waals surface area contributed by atoms with E-state index in [1.807, 2.05) is 0 Å². The molecule has 2 unspecified atom stereocenters. The molecule has 2 amide bonds. The highest BCUT2D eigenvalue weighted by atomic mass is 16.3. The predicted octanol–water partition coefficient (Wildman–Crippen LogP) is 1.29. The molecule has 1 aliphatic rings. The normalized spacial score (nSPS) is 22.6. The number of amides is 2. The standard InChI is InChI=1S/C14H18N2O3/c17-9-15-11-7-5-10(6-8-11)14(19)16-12-3-1-2-4-13(12)18/h5-9,12-13,18H,1-4H2,(H,15,17)(H,16,19). The Balaban J connectivity index is 1.97. The topological polar surface area (TPSA) is 78.4 Å². The van der Waals surface area contributed by atoms with Gasteiger partial charge in [-0.2, -0.15) is 0 Å². The number of nitrogens with one attached hydrogen (secondary N) is 2. The molecule has 0 spiro atoms. The fourth-order valence-corrected chi connectivity index (χ4v) is 2.32. The molecule has 2 atom stereocenters. The average molecular weight is 262 g/mol. The van der Waals surface area contributed by atoms with E-state index >= 15 is 0 Å². The van der Waals surface area contributed by atoms with Crippen molar-refractivity contribution >= 4 is 18.0 Å². The van der Waals surface area contributed by atoms with Crippen LogP contribution < -0.4 is 10.6 Å². The van der Waals surface area contributed by atoms with Crippen LogP contribution in [0.3, 0.4) is 0 Å². The first-order valence-corrected chi connectivity index (χ1v) is 6.50. The lowest BCUT2D eigenvalue weighted by Crippen LogP contribution is -2.45. The zero-order valence-electron chi connectivity index (χ0n) is 10.6. The molecule has 1 aromatic rings. The van der Waals surface area contributed by atoms with E-state index in [1.165, 1.54) is 0 Å². The van der Waals surface area contributed by atoms with Gasteiger partial charge in [0.05, 0.1) is 12.1 Å². The third-order valence-corrected chi connectivity index (χ3v) is 3.42. The van der Waals surface area contributed by atoms with E-state index in [4.69, 9.17) is 0 Å². The molecule has 102 valence electrons. The van der Waals surface area contributed by atoms with Crippen molar-refractivity contribution in [2.75, 3.05) is 5.32 Å². The molecule has 1 aliphatic carbocycles. The Morgan fingerprint density at radius 2 is 1.89 bits per heavy atom. The van der Waals surface area contributed by atoms with E-state index in [-0.39, 0.29) is 11.9 Å². The van der Waals surface area contributed by atoms with Crippen LogP contribution in [0.1, 0.15) is 36.0 Å². The summed E-state index contributed by atoms with van der Waals surface area (Å²) in [5, 5.41) is 15.2. The molecule has 2 rings (SSSR count). The van der Waals surface area contributed by atoms with Crippen LogP contribution in [0.2, 0.25) is 0 Å². The van der Waals surface area contributed by atoms with Crippen molar-refractivity contribution in [2.45, 2.75) is 37.8 Å². The third-order valence-electron chi connectivity index (χ3n) is 3.42. The number of hydrogen-bond donors (Lipinski definition) is 3. The lowest BCUT2D eigenvalue weighted by atomic mass is 9.92. The van der Waals surface area contributed by atoms with Crippen LogP contribution in [0.4, 0.5) is 5.69 Å². The molecule has 0 heterocycles. The summed E-state index contributed by atoms with van der Waals surface area (Å²) >= 11 is 0. The lowest BCUT2D eigenvalue weighted by molar-refractivity contribution is -0.105. The molecule has 3 N–H and O–H groups in total. The minimum atomic E-state index is -0.450. The highest BCUT2D eigenvalue weighted by Gasteiger charge is 2.24. The predicted molar refractivity (Wildman–Crippen MR) is 71.9 cm³/mol. The van der Waals surface area contributed by atoms with E-state index < -0.39 is 6.10 Å². The number of hydrogen-bond acceptors (Lipinski definition) is 3. The van der Waals surface area contributed by atoms with Gasteiger partial charge in [0.2, 0.25) is 6.41 Å².